The Morgan fingerprint density at radius 3 is 1.97 bits per heavy atom. The molecule has 0 bridgehead atoms. The molecule has 1 aliphatic heterocycles. The van der Waals surface area contributed by atoms with E-state index >= 15 is 0 Å². The maximum Gasteiger partial charge on any atom is 0.416 e. The monoisotopic (exact) mass is 411 g/mol. The Hall–Kier alpha value is -3.61. The molecule has 3 aromatic rings. The third kappa shape index (κ3) is 3.66. The number of imide groups is 1. The highest BCUT2D eigenvalue weighted by Crippen LogP contribution is 2.35. The van der Waals surface area contributed by atoms with Crippen LogP contribution in [0.1, 0.15) is 37.4 Å². The Bertz CT molecular complexity index is 1100. The van der Waals surface area contributed by atoms with Gasteiger partial charge < -0.3 is 4.74 Å². The third-order valence-corrected chi connectivity index (χ3v) is 4.89. The number of aryl methyl sites for hydroxylation is 1. The number of fused-ring (bicyclic) bond motifs is 1. The van der Waals surface area contributed by atoms with Crippen molar-refractivity contribution >= 4 is 11.8 Å². The van der Waals surface area contributed by atoms with Gasteiger partial charge in [0.05, 0.1) is 23.2 Å². The molecule has 0 radical (unpaired) electrons. The van der Waals surface area contributed by atoms with Gasteiger partial charge in [0.2, 0.25) is 0 Å². The zero-order chi connectivity index (χ0) is 21.5. The van der Waals surface area contributed by atoms with Crippen LogP contribution in [0.5, 0.6) is 11.5 Å². The standard InChI is InChI=1S/C23H16F3NO3/c1-14-6-9-17(12-20(14)23(24,25)26)30-16-10-7-15(8-11-16)13-27-21(28)18-4-2-3-5-19(18)22(27)29/h2-12H,13H2,1H3. The lowest BCUT2D eigenvalue weighted by atomic mass is 10.1. The number of nitrogens with zero attached hydrogens (tertiary/aromatic N) is 1. The van der Waals surface area contributed by atoms with E-state index in [-0.39, 0.29) is 29.7 Å². The van der Waals surface area contributed by atoms with Crippen molar-refractivity contribution < 1.29 is 27.5 Å². The third-order valence-electron chi connectivity index (χ3n) is 4.89. The fourth-order valence-electron chi connectivity index (χ4n) is 3.33. The Balaban J connectivity index is 1.48. The smallest absolute Gasteiger partial charge is 0.416 e. The summed E-state index contributed by atoms with van der Waals surface area (Å²) in [5, 5.41) is 0. The summed E-state index contributed by atoms with van der Waals surface area (Å²) in [6.45, 7) is 1.48. The van der Waals surface area contributed by atoms with Crippen LogP contribution in [0.2, 0.25) is 0 Å². The van der Waals surface area contributed by atoms with Gasteiger partial charge in [-0.1, -0.05) is 30.3 Å². The summed E-state index contributed by atoms with van der Waals surface area (Å²) >= 11 is 0. The van der Waals surface area contributed by atoms with Crippen molar-refractivity contribution in [2.45, 2.75) is 19.6 Å². The quantitative estimate of drug-likeness (QED) is 0.525. The second kappa shape index (κ2) is 7.33. The van der Waals surface area contributed by atoms with Crippen molar-refractivity contribution in [3.05, 3.63) is 94.5 Å². The van der Waals surface area contributed by atoms with Crippen LogP contribution in [-0.4, -0.2) is 16.7 Å². The SMILES string of the molecule is Cc1ccc(Oc2ccc(CN3C(=O)c4ccccc4C3=O)cc2)cc1C(F)(F)F. The first-order chi connectivity index (χ1) is 14.2. The van der Waals surface area contributed by atoms with E-state index in [2.05, 4.69) is 0 Å². The number of ether oxygens (including phenoxy) is 1. The molecule has 30 heavy (non-hydrogen) atoms. The summed E-state index contributed by atoms with van der Waals surface area (Å²) in [7, 11) is 0. The van der Waals surface area contributed by atoms with Crippen LogP contribution in [-0.2, 0) is 12.7 Å². The maximum absolute atomic E-state index is 13.1. The summed E-state index contributed by atoms with van der Waals surface area (Å²) in [4.78, 5) is 26.1. The molecule has 2 amide bonds. The molecule has 1 aliphatic rings. The molecule has 0 aliphatic carbocycles. The zero-order valence-corrected chi connectivity index (χ0v) is 15.9. The minimum Gasteiger partial charge on any atom is -0.457 e. The topological polar surface area (TPSA) is 46.6 Å². The van der Waals surface area contributed by atoms with Gasteiger partial charge in [0.25, 0.3) is 11.8 Å². The van der Waals surface area contributed by atoms with Crippen molar-refractivity contribution in [1.82, 2.24) is 4.90 Å². The summed E-state index contributed by atoms with van der Waals surface area (Å²) in [6, 6.07) is 16.9. The van der Waals surface area contributed by atoms with Gasteiger partial charge in [0, 0.05) is 0 Å². The molecule has 7 heteroatoms. The molecule has 4 rings (SSSR count). The molecule has 0 fully saturated rings. The molecular weight excluding hydrogens is 395 g/mol. The molecule has 0 unspecified atom stereocenters. The second-order valence-corrected chi connectivity index (χ2v) is 6.96. The average molecular weight is 411 g/mol. The van der Waals surface area contributed by atoms with E-state index in [1.54, 1.807) is 48.5 Å². The minimum absolute atomic E-state index is 0.0704. The fraction of sp³-hybridized carbons (Fsp3) is 0.130. The van der Waals surface area contributed by atoms with Gasteiger partial charge in [-0.3, -0.25) is 14.5 Å². The zero-order valence-electron chi connectivity index (χ0n) is 15.9. The van der Waals surface area contributed by atoms with E-state index in [4.69, 9.17) is 4.74 Å². The van der Waals surface area contributed by atoms with Gasteiger partial charge in [-0.2, -0.15) is 13.2 Å². The summed E-state index contributed by atoms with van der Waals surface area (Å²) < 4.78 is 44.7. The lowest BCUT2D eigenvalue weighted by Gasteiger charge is -2.15. The van der Waals surface area contributed by atoms with Crippen molar-refractivity contribution in [2.75, 3.05) is 0 Å². The predicted molar refractivity (Wildman–Crippen MR) is 103 cm³/mol. The van der Waals surface area contributed by atoms with E-state index in [0.717, 1.165) is 11.0 Å². The van der Waals surface area contributed by atoms with Crippen molar-refractivity contribution in [3.63, 3.8) is 0 Å². The van der Waals surface area contributed by atoms with Crippen molar-refractivity contribution in [2.24, 2.45) is 0 Å². The van der Waals surface area contributed by atoms with E-state index < -0.39 is 11.7 Å². The van der Waals surface area contributed by atoms with Crippen LogP contribution in [0.4, 0.5) is 13.2 Å². The molecular formula is C23H16F3NO3. The molecule has 1 heterocycles. The fourth-order valence-corrected chi connectivity index (χ4v) is 3.33. The number of amides is 2. The lowest BCUT2D eigenvalue weighted by Crippen LogP contribution is -2.29. The number of halogens is 3. The molecule has 0 atom stereocenters. The van der Waals surface area contributed by atoms with Crippen LogP contribution in [0.15, 0.2) is 66.7 Å². The highest BCUT2D eigenvalue weighted by atomic mass is 19.4. The van der Waals surface area contributed by atoms with Gasteiger partial charge in [-0.25, -0.2) is 0 Å². The Morgan fingerprint density at radius 1 is 0.833 bits per heavy atom. The van der Waals surface area contributed by atoms with Crippen LogP contribution in [0.3, 0.4) is 0 Å². The van der Waals surface area contributed by atoms with Crippen LogP contribution < -0.4 is 4.74 Å². The molecule has 0 saturated carbocycles. The number of alkyl halides is 3. The average Bonchev–Trinajstić information content (AvgIpc) is 2.95. The predicted octanol–water partition coefficient (Wildman–Crippen LogP) is 5.60. The van der Waals surface area contributed by atoms with E-state index in [9.17, 15) is 22.8 Å². The Kier molecular flexibility index (Phi) is 4.81. The van der Waals surface area contributed by atoms with Gasteiger partial charge in [-0.05, 0) is 54.4 Å². The number of hydrogen-bond acceptors (Lipinski definition) is 3. The molecule has 4 nitrogen and oxygen atoms in total. The van der Waals surface area contributed by atoms with Crippen LogP contribution in [0, 0.1) is 6.92 Å². The summed E-state index contributed by atoms with van der Waals surface area (Å²) in [6.07, 6.45) is -4.46. The van der Waals surface area contributed by atoms with Crippen molar-refractivity contribution in [3.8, 4) is 11.5 Å². The number of carbonyl (C=O) groups is 2. The molecule has 0 aromatic heterocycles. The molecule has 0 saturated heterocycles. The highest BCUT2D eigenvalue weighted by Gasteiger charge is 2.35. The van der Waals surface area contributed by atoms with Crippen LogP contribution in [0.25, 0.3) is 0 Å². The van der Waals surface area contributed by atoms with Gasteiger partial charge in [0.15, 0.2) is 0 Å². The molecule has 0 spiro atoms. The number of hydrogen-bond donors (Lipinski definition) is 0. The molecule has 3 aromatic carbocycles. The van der Waals surface area contributed by atoms with E-state index in [1.807, 2.05) is 0 Å². The normalized spacial score (nSPS) is 13.5. The maximum atomic E-state index is 13.1. The first-order valence-electron chi connectivity index (χ1n) is 9.14. The first-order valence-corrected chi connectivity index (χ1v) is 9.14. The van der Waals surface area contributed by atoms with Gasteiger partial charge in [-0.15, -0.1) is 0 Å². The lowest BCUT2D eigenvalue weighted by molar-refractivity contribution is -0.138. The van der Waals surface area contributed by atoms with E-state index in [1.165, 1.54) is 19.1 Å². The first kappa shape index (κ1) is 19.7. The van der Waals surface area contributed by atoms with Crippen molar-refractivity contribution in [1.29, 1.82) is 0 Å². The van der Waals surface area contributed by atoms with Crippen LogP contribution >= 0.6 is 0 Å². The Morgan fingerprint density at radius 2 is 1.40 bits per heavy atom. The number of benzene rings is 3. The second-order valence-electron chi connectivity index (χ2n) is 6.96. The minimum atomic E-state index is -4.46. The molecule has 0 N–H and O–H groups in total. The summed E-state index contributed by atoms with van der Waals surface area (Å²) in [5.74, 6) is -0.287. The number of rotatable bonds is 4. The molecule has 152 valence electrons. The van der Waals surface area contributed by atoms with Gasteiger partial charge in [0.1, 0.15) is 11.5 Å². The van der Waals surface area contributed by atoms with Gasteiger partial charge >= 0.3 is 6.18 Å². The van der Waals surface area contributed by atoms with E-state index in [0.29, 0.717) is 22.4 Å². The highest BCUT2D eigenvalue weighted by molar-refractivity contribution is 6.21. The number of carbonyl (C=O) groups excluding carboxylic acids is 2. The largest absolute Gasteiger partial charge is 0.457 e. The summed E-state index contributed by atoms with van der Waals surface area (Å²) in [5.41, 5.74) is 0.815. The Labute approximate surface area is 170 Å².